The Bertz CT molecular complexity index is 190. The van der Waals surface area contributed by atoms with Crippen molar-refractivity contribution in [1.29, 1.82) is 0 Å². The van der Waals surface area contributed by atoms with Gasteiger partial charge < -0.3 is 10.6 Å². The second-order valence-electron chi connectivity index (χ2n) is 4.87. The molecule has 0 heterocycles. The standard InChI is InChI=1S/C12H26N2O/c1-6-7-11(13)12(15)14(10(4)5)8-9(2)3/h9-11H,6-8,13H2,1-5H3/t11-/m0/s1. The highest BCUT2D eigenvalue weighted by molar-refractivity contribution is 5.81. The average Bonchev–Trinajstić information content (AvgIpc) is 2.12. The number of rotatable bonds is 6. The van der Waals surface area contributed by atoms with Crippen molar-refractivity contribution in [3.8, 4) is 0 Å². The Hall–Kier alpha value is -0.570. The topological polar surface area (TPSA) is 46.3 Å². The first kappa shape index (κ1) is 14.4. The van der Waals surface area contributed by atoms with Crippen LogP contribution < -0.4 is 5.73 Å². The molecule has 0 spiro atoms. The van der Waals surface area contributed by atoms with Gasteiger partial charge in [-0.2, -0.15) is 0 Å². The van der Waals surface area contributed by atoms with E-state index in [0.29, 0.717) is 5.92 Å². The molecule has 0 aliphatic rings. The first-order valence-corrected chi connectivity index (χ1v) is 5.96. The Morgan fingerprint density at radius 1 is 1.27 bits per heavy atom. The van der Waals surface area contributed by atoms with Gasteiger partial charge in [-0.15, -0.1) is 0 Å². The van der Waals surface area contributed by atoms with Gasteiger partial charge in [-0.3, -0.25) is 4.79 Å². The molecule has 0 aromatic carbocycles. The van der Waals surface area contributed by atoms with Gasteiger partial charge in [-0.05, 0) is 26.2 Å². The fourth-order valence-corrected chi connectivity index (χ4v) is 1.60. The molecular weight excluding hydrogens is 188 g/mol. The van der Waals surface area contributed by atoms with Gasteiger partial charge in [-0.25, -0.2) is 0 Å². The first-order valence-electron chi connectivity index (χ1n) is 5.96. The quantitative estimate of drug-likeness (QED) is 0.735. The normalized spacial score (nSPS) is 13.3. The van der Waals surface area contributed by atoms with Crippen LogP contribution in [0.2, 0.25) is 0 Å². The van der Waals surface area contributed by atoms with Crippen molar-refractivity contribution >= 4 is 5.91 Å². The zero-order chi connectivity index (χ0) is 12.0. The third kappa shape index (κ3) is 5.17. The molecule has 3 heteroatoms. The lowest BCUT2D eigenvalue weighted by Gasteiger charge is -2.30. The van der Waals surface area contributed by atoms with Crippen molar-refractivity contribution in [2.24, 2.45) is 11.7 Å². The van der Waals surface area contributed by atoms with Gasteiger partial charge in [0, 0.05) is 12.6 Å². The predicted octanol–water partition coefficient (Wildman–Crippen LogP) is 2.01. The van der Waals surface area contributed by atoms with Crippen LogP contribution in [-0.2, 0) is 4.79 Å². The Kier molecular flexibility index (Phi) is 6.57. The number of nitrogens with two attached hydrogens (primary N) is 1. The number of amides is 1. The number of hydrogen-bond acceptors (Lipinski definition) is 2. The molecule has 3 nitrogen and oxygen atoms in total. The van der Waals surface area contributed by atoms with Crippen LogP contribution in [0.15, 0.2) is 0 Å². The smallest absolute Gasteiger partial charge is 0.239 e. The molecule has 0 saturated carbocycles. The number of carbonyl (C=O) groups excluding carboxylic acids is 1. The number of carbonyl (C=O) groups is 1. The summed E-state index contributed by atoms with van der Waals surface area (Å²) in [6.45, 7) is 11.2. The Balaban J connectivity index is 4.41. The zero-order valence-corrected chi connectivity index (χ0v) is 10.8. The van der Waals surface area contributed by atoms with Crippen LogP contribution in [0.4, 0.5) is 0 Å². The summed E-state index contributed by atoms with van der Waals surface area (Å²) in [5.74, 6) is 0.589. The summed E-state index contributed by atoms with van der Waals surface area (Å²) in [6, 6.07) is -0.0843. The third-order valence-corrected chi connectivity index (χ3v) is 2.39. The first-order chi connectivity index (χ1) is 6.90. The van der Waals surface area contributed by atoms with Gasteiger partial charge >= 0.3 is 0 Å². The average molecular weight is 214 g/mol. The Morgan fingerprint density at radius 3 is 2.13 bits per heavy atom. The third-order valence-electron chi connectivity index (χ3n) is 2.39. The summed E-state index contributed by atoms with van der Waals surface area (Å²) in [5.41, 5.74) is 5.85. The predicted molar refractivity (Wildman–Crippen MR) is 64.6 cm³/mol. The van der Waals surface area contributed by atoms with Crippen molar-refractivity contribution in [2.75, 3.05) is 6.54 Å². The maximum Gasteiger partial charge on any atom is 0.239 e. The highest BCUT2D eigenvalue weighted by Crippen LogP contribution is 2.08. The summed E-state index contributed by atoms with van der Waals surface area (Å²) in [4.78, 5) is 13.9. The van der Waals surface area contributed by atoms with Crippen molar-refractivity contribution < 1.29 is 4.79 Å². The molecule has 1 atom stereocenters. The molecule has 0 unspecified atom stereocenters. The molecule has 0 fully saturated rings. The molecule has 0 rings (SSSR count). The minimum atomic E-state index is -0.323. The van der Waals surface area contributed by atoms with Crippen LogP contribution in [0, 0.1) is 5.92 Å². The van der Waals surface area contributed by atoms with Gasteiger partial charge in [0.15, 0.2) is 0 Å². The molecular formula is C12H26N2O. The fraction of sp³-hybridized carbons (Fsp3) is 0.917. The summed E-state index contributed by atoms with van der Waals surface area (Å²) in [7, 11) is 0. The maximum atomic E-state index is 12.0. The monoisotopic (exact) mass is 214 g/mol. The molecule has 0 aromatic rings. The van der Waals surface area contributed by atoms with Gasteiger partial charge in [0.25, 0.3) is 0 Å². The second kappa shape index (κ2) is 6.83. The summed E-state index contributed by atoms with van der Waals surface area (Å²) >= 11 is 0. The number of nitrogens with zero attached hydrogens (tertiary/aromatic N) is 1. The molecule has 0 aliphatic carbocycles. The largest absolute Gasteiger partial charge is 0.339 e. The van der Waals surface area contributed by atoms with Gasteiger partial charge in [0.2, 0.25) is 5.91 Å². The SMILES string of the molecule is CCC[C@H](N)C(=O)N(CC(C)C)C(C)C. The molecule has 0 aromatic heterocycles. The van der Waals surface area contributed by atoms with E-state index in [4.69, 9.17) is 5.73 Å². The Morgan fingerprint density at radius 2 is 1.80 bits per heavy atom. The fourth-order valence-electron chi connectivity index (χ4n) is 1.60. The molecule has 0 radical (unpaired) electrons. The molecule has 2 N–H and O–H groups in total. The van der Waals surface area contributed by atoms with Crippen molar-refractivity contribution in [1.82, 2.24) is 4.90 Å². The highest BCUT2D eigenvalue weighted by Gasteiger charge is 2.22. The van der Waals surface area contributed by atoms with E-state index in [1.54, 1.807) is 0 Å². The van der Waals surface area contributed by atoms with Crippen molar-refractivity contribution in [3.63, 3.8) is 0 Å². The lowest BCUT2D eigenvalue weighted by molar-refractivity contribution is -0.135. The van der Waals surface area contributed by atoms with E-state index in [9.17, 15) is 4.79 Å². The molecule has 0 aliphatic heterocycles. The summed E-state index contributed by atoms with van der Waals surface area (Å²) in [5, 5.41) is 0. The Labute approximate surface area is 94.0 Å². The molecule has 1 amide bonds. The maximum absolute atomic E-state index is 12.0. The van der Waals surface area contributed by atoms with Crippen LogP contribution in [0.3, 0.4) is 0 Å². The number of hydrogen-bond donors (Lipinski definition) is 1. The van der Waals surface area contributed by atoms with Crippen LogP contribution in [0.25, 0.3) is 0 Å². The second-order valence-corrected chi connectivity index (χ2v) is 4.87. The zero-order valence-electron chi connectivity index (χ0n) is 10.8. The van der Waals surface area contributed by atoms with E-state index >= 15 is 0 Å². The van der Waals surface area contributed by atoms with E-state index in [-0.39, 0.29) is 18.0 Å². The van der Waals surface area contributed by atoms with E-state index in [1.807, 2.05) is 18.7 Å². The highest BCUT2D eigenvalue weighted by atomic mass is 16.2. The van der Waals surface area contributed by atoms with Crippen LogP contribution in [0.1, 0.15) is 47.5 Å². The van der Waals surface area contributed by atoms with E-state index < -0.39 is 0 Å². The van der Waals surface area contributed by atoms with Crippen molar-refractivity contribution in [3.05, 3.63) is 0 Å². The van der Waals surface area contributed by atoms with Crippen molar-refractivity contribution in [2.45, 2.75) is 59.5 Å². The molecule has 0 bridgehead atoms. The van der Waals surface area contributed by atoms with Crippen LogP contribution in [-0.4, -0.2) is 29.4 Å². The summed E-state index contributed by atoms with van der Waals surface area (Å²) < 4.78 is 0. The van der Waals surface area contributed by atoms with E-state index in [2.05, 4.69) is 20.8 Å². The lowest BCUT2D eigenvalue weighted by atomic mass is 10.1. The summed E-state index contributed by atoms with van der Waals surface area (Å²) in [6.07, 6.45) is 1.74. The molecule has 90 valence electrons. The van der Waals surface area contributed by atoms with Gasteiger partial charge in [0.05, 0.1) is 6.04 Å². The molecule has 0 saturated heterocycles. The van der Waals surface area contributed by atoms with E-state index in [0.717, 1.165) is 19.4 Å². The van der Waals surface area contributed by atoms with E-state index in [1.165, 1.54) is 0 Å². The molecule has 15 heavy (non-hydrogen) atoms. The minimum absolute atomic E-state index is 0.0977. The minimum Gasteiger partial charge on any atom is -0.339 e. The lowest BCUT2D eigenvalue weighted by Crippen LogP contribution is -2.48. The van der Waals surface area contributed by atoms with Gasteiger partial charge in [-0.1, -0.05) is 27.2 Å². The van der Waals surface area contributed by atoms with Crippen LogP contribution >= 0.6 is 0 Å². The van der Waals surface area contributed by atoms with Gasteiger partial charge in [0.1, 0.15) is 0 Å². The van der Waals surface area contributed by atoms with Crippen LogP contribution in [0.5, 0.6) is 0 Å².